The van der Waals surface area contributed by atoms with Crippen molar-refractivity contribution in [2.75, 3.05) is 54.1 Å². The zero-order chi connectivity index (χ0) is 27.2. The highest BCUT2D eigenvalue weighted by Gasteiger charge is 2.21. The van der Waals surface area contributed by atoms with E-state index < -0.39 is 0 Å². The number of aryl methyl sites for hydroxylation is 1. The fraction of sp³-hybridized carbons (Fsp3) is 0.269. The maximum Gasteiger partial charge on any atom is 0.247 e. The first kappa shape index (κ1) is 26.7. The largest absolute Gasteiger partial charge is 0.481 e. The van der Waals surface area contributed by atoms with Crippen LogP contribution in [-0.2, 0) is 9.59 Å². The lowest BCUT2D eigenvalue weighted by molar-refractivity contribution is -0.129. The molecule has 1 aliphatic heterocycles. The Morgan fingerprint density at radius 1 is 1.08 bits per heavy atom. The summed E-state index contributed by atoms with van der Waals surface area (Å²) in [6, 6.07) is 9.18. The fourth-order valence-electron chi connectivity index (χ4n) is 3.91. The minimum absolute atomic E-state index is 0.0655. The van der Waals surface area contributed by atoms with Crippen molar-refractivity contribution in [3.63, 3.8) is 0 Å². The smallest absolute Gasteiger partial charge is 0.247 e. The van der Waals surface area contributed by atoms with E-state index >= 15 is 0 Å². The summed E-state index contributed by atoms with van der Waals surface area (Å²) in [6.07, 6.45) is 2.68. The summed E-state index contributed by atoms with van der Waals surface area (Å²) in [6.45, 7) is 9.57. The van der Waals surface area contributed by atoms with Crippen LogP contribution in [0, 0.1) is 6.92 Å². The highest BCUT2D eigenvalue weighted by Crippen LogP contribution is 2.31. The van der Waals surface area contributed by atoms with Crippen molar-refractivity contribution in [1.29, 1.82) is 0 Å². The second kappa shape index (κ2) is 11.8. The van der Waals surface area contributed by atoms with Crippen molar-refractivity contribution < 1.29 is 14.3 Å². The van der Waals surface area contributed by atoms with Crippen LogP contribution in [0.15, 0.2) is 49.2 Å². The van der Waals surface area contributed by atoms with E-state index in [0.717, 1.165) is 5.56 Å². The quantitative estimate of drug-likeness (QED) is 0.364. The highest BCUT2D eigenvalue weighted by atomic mass is 35.5. The van der Waals surface area contributed by atoms with Crippen LogP contribution in [0.25, 0.3) is 0 Å². The Hall–Kier alpha value is -4.38. The second-order valence-corrected chi connectivity index (χ2v) is 9.04. The monoisotopic (exact) mass is 536 g/mol. The minimum Gasteiger partial charge on any atom is -0.481 e. The standard InChI is InChI=1S/C26H29ClN8O3/c1-5-23(37)30-21-12-16(2)6-7-20(21)31-25-19(27)15-28-26(33-25)29-18-13-22(32-24(14-18)38-4)35-10-8-34(9-11-35)17(3)36/h5-7,12-15H,1,8-11H2,2-4H3,(H,30,37)(H2,28,29,31,32,33). The molecule has 1 aliphatic rings. The molecule has 0 unspecified atom stereocenters. The number of hydrogen-bond donors (Lipinski definition) is 3. The third-order valence-corrected chi connectivity index (χ3v) is 6.19. The van der Waals surface area contributed by atoms with E-state index in [9.17, 15) is 9.59 Å². The van der Waals surface area contributed by atoms with Crippen LogP contribution in [0.3, 0.4) is 0 Å². The first-order valence-corrected chi connectivity index (χ1v) is 12.3. The number of rotatable bonds is 8. The molecule has 0 atom stereocenters. The third-order valence-electron chi connectivity index (χ3n) is 5.92. The molecule has 198 valence electrons. The van der Waals surface area contributed by atoms with Gasteiger partial charge < -0.3 is 30.5 Å². The molecule has 2 aromatic heterocycles. The van der Waals surface area contributed by atoms with Crippen LogP contribution in [0.4, 0.5) is 34.6 Å². The molecule has 1 saturated heterocycles. The van der Waals surface area contributed by atoms with Gasteiger partial charge in [0.05, 0.1) is 24.7 Å². The molecule has 1 aromatic carbocycles. The number of piperazine rings is 1. The molecular weight excluding hydrogens is 508 g/mol. The number of ether oxygens (including phenoxy) is 1. The van der Waals surface area contributed by atoms with Gasteiger partial charge >= 0.3 is 0 Å². The molecule has 2 amide bonds. The molecule has 0 spiro atoms. The van der Waals surface area contributed by atoms with Crippen molar-refractivity contribution in [3.8, 4) is 5.88 Å². The normalized spacial score (nSPS) is 13.1. The maximum absolute atomic E-state index is 11.9. The van der Waals surface area contributed by atoms with Gasteiger partial charge in [0, 0.05) is 50.9 Å². The molecule has 12 heteroatoms. The summed E-state index contributed by atoms with van der Waals surface area (Å²) in [7, 11) is 1.55. The van der Waals surface area contributed by atoms with Gasteiger partial charge in [-0.1, -0.05) is 24.2 Å². The van der Waals surface area contributed by atoms with Gasteiger partial charge in [-0.15, -0.1) is 0 Å². The number of nitrogens with one attached hydrogen (secondary N) is 3. The Labute approximate surface area is 225 Å². The molecule has 4 rings (SSSR count). The van der Waals surface area contributed by atoms with E-state index in [-0.39, 0.29) is 11.8 Å². The molecule has 3 heterocycles. The van der Waals surface area contributed by atoms with Gasteiger partial charge in [-0.05, 0) is 30.7 Å². The molecule has 3 N–H and O–H groups in total. The van der Waals surface area contributed by atoms with Crippen LogP contribution in [0.5, 0.6) is 5.88 Å². The van der Waals surface area contributed by atoms with Crippen molar-refractivity contribution >= 4 is 58.1 Å². The Morgan fingerprint density at radius 3 is 2.53 bits per heavy atom. The molecule has 0 radical (unpaired) electrons. The van der Waals surface area contributed by atoms with Gasteiger partial charge in [0.1, 0.15) is 10.8 Å². The SMILES string of the molecule is C=CC(=O)Nc1cc(C)ccc1Nc1nc(Nc2cc(OC)nc(N3CCN(C(C)=O)CC3)c2)ncc1Cl. The average Bonchev–Trinajstić information content (AvgIpc) is 2.91. The molecule has 11 nitrogen and oxygen atoms in total. The van der Waals surface area contributed by atoms with Crippen molar-refractivity contribution in [3.05, 3.63) is 59.8 Å². The molecule has 0 saturated carbocycles. The molecule has 0 bridgehead atoms. The predicted octanol–water partition coefficient (Wildman–Crippen LogP) is 4.12. The minimum atomic E-state index is -0.333. The summed E-state index contributed by atoms with van der Waals surface area (Å²) in [5, 5.41) is 9.45. The van der Waals surface area contributed by atoms with E-state index in [2.05, 4.69) is 42.4 Å². The number of anilines is 6. The number of benzene rings is 1. The second-order valence-electron chi connectivity index (χ2n) is 8.63. The lowest BCUT2D eigenvalue weighted by Crippen LogP contribution is -2.48. The molecule has 3 aromatic rings. The molecular formula is C26H29ClN8O3. The number of hydrogen-bond acceptors (Lipinski definition) is 9. The lowest BCUT2D eigenvalue weighted by atomic mass is 10.2. The topological polar surface area (TPSA) is 125 Å². The van der Waals surface area contributed by atoms with E-state index in [1.165, 1.54) is 12.3 Å². The number of carbonyl (C=O) groups is 2. The van der Waals surface area contributed by atoms with Gasteiger partial charge in [-0.3, -0.25) is 9.59 Å². The van der Waals surface area contributed by atoms with E-state index in [1.807, 2.05) is 36.1 Å². The summed E-state index contributed by atoms with van der Waals surface area (Å²) in [5.41, 5.74) is 2.81. The highest BCUT2D eigenvalue weighted by molar-refractivity contribution is 6.33. The first-order valence-electron chi connectivity index (χ1n) is 11.9. The summed E-state index contributed by atoms with van der Waals surface area (Å²) in [5.74, 6) is 1.51. The predicted molar refractivity (Wildman–Crippen MR) is 149 cm³/mol. The van der Waals surface area contributed by atoms with Crippen molar-refractivity contribution in [1.82, 2.24) is 19.9 Å². The Kier molecular flexibility index (Phi) is 8.27. The summed E-state index contributed by atoms with van der Waals surface area (Å²) < 4.78 is 5.41. The number of methoxy groups -OCH3 is 1. The Morgan fingerprint density at radius 2 is 1.84 bits per heavy atom. The van der Waals surface area contributed by atoms with Crippen LogP contribution >= 0.6 is 11.6 Å². The fourth-order valence-corrected chi connectivity index (χ4v) is 4.04. The van der Waals surface area contributed by atoms with Crippen LogP contribution in [0.1, 0.15) is 12.5 Å². The van der Waals surface area contributed by atoms with E-state index in [1.54, 1.807) is 20.1 Å². The number of carbonyl (C=O) groups excluding carboxylic acids is 2. The van der Waals surface area contributed by atoms with Gasteiger partial charge in [0.25, 0.3) is 0 Å². The van der Waals surface area contributed by atoms with Gasteiger partial charge in [0.15, 0.2) is 5.82 Å². The van der Waals surface area contributed by atoms with Crippen LogP contribution in [0.2, 0.25) is 5.02 Å². The van der Waals surface area contributed by atoms with Gasteiger partial charge in [-0.25, -0.2) is 4.98 Å². The summed E-state index contributed by atoms with van der Waals surface area (Å²) >= 11 is 6.39. The van der Waals surface area contributed by atoms with Gasteiger partial charge in [0.2, 0.25) is 23.6 Å². The lowest BCUT2D eigenvalue weighted by Gasteiger charge is -2.35. The van der Waals surface area contributed by atoms with Crippen LogP contribution in [-0.4, -0.2) is 65.0 Å². The Bertz CT molecular complexity index is 1360. The number of amides is 2. The van der Waals surface area contributed by atoms with E-state index in [0.29, 0.717) is 71.7 Å². The number of nitrogens with zero attached hydrogens (tertiary/aromatic N) is 5. The zero-order valence-corrected chi connectivity index (χ0v) is 22.2. The molecule has 1 fully saturated rings. The number of pyridine rings is 1. The molecule has 0 aliphatic carbocycles. The van der Waals surface area contributed by atoms with Gasteiger partial charge in [-0.2, -0.15) is 9.97 Å². The van der Waals surface area contributed by atoms with Crippen molar-refractivity contribution in [2.24, 2.45) is 0 Å². The first-order chi connectivity index (χ1) is 18.2. The molecule has 38 heavy (non-hydrogen) atoms. The average molecular weight is 537 g/mol. The maximum atomic E-state index is 11.9. The number of halogens is 1. The van der Waals surface area contributed by atoms with Crippen LogP contribution < -0.4 is 25.6 Å². The van der Waals surface area contributed by atoms with Crippen molar-refractivity contribution in [2.45, 2.75) is 13.8 Å². The Balaban J connectivity index is 1.56. The van der Waals surface area contributed by atoms with E-state index in [4.69, 9.17) is 16.3 Å². The summed E-state index contributed by atoms with van der Waals surface area (Å²) in [4.78, 5) is 40.9. The number of aromatic nitrogens is 3. The zero-order valence-electron chi connectivity index (χ0n) is 21.4. The third kappa shape index (κ3) is 6.48.